The molecule has 3 aromatic heterocycles. The first-order valence-corrected chi connectivity index (χ1v) is 10.8. The topological polar surface area (TPSA) is 61.9 Å². The van der Waals surface area contributed by atoms with Crippen molar-refractivity contribution in [1.29, 1.82) is 0 Å². The highest BCUT2D eigenvalue weighted by Gasteiger charge is 2.22. The van der Waals surface area contributed by atoms with Crippen molar-refractivity contribution in [3.8, 4) is 10.7 Å². The molecule has 0 spiro atoms. The summed E-state index contributed by atoms with van der Waals surface area (Å²) in [7, 11) is 0. The Hall–Kier alpha value is -2.54. The van der Waals surface area contributed by atoms with Crippen LogP contribution in [0.2, 0.25) is 5.15 Å². The van der Waals surface area contributed by atoms with Gasteiger partial charge in [0.2, 0.25) is 0 Å². The highest BCUT2D eigenvalue weighted by Crippen LogP contribution is 2.26. The van der Waals surface area contributed by atoms with Crippen LogP contribution < -0.4 is 5.56 Å². The van der Waals surface area contributed by atoms with Crippen LogP contribution in [0.25, 0.3) is 21.6 Å². The Labute approximate surface area is 177 Å². The molecule has 4 aromatic rings. The maximum Gasteiger partial charge on any atom is 0.255 e. The van der Waals surface area contributed by atoms with Gasteiger partial charge in [-0.05, 0) is 36.6 Å². The van der Waals surface area contributed by atoms with E-state index < -0.39 is 0 Å². The van der Waals surface area contributed by atoms with Crippen molar-refractivity contribution < 1.29 is 0 Å². The first-order chi connectivity index (χ1) is 14.1. The summed E-state index contributed by atoms with van der Waals surface area (Å²) in [6, 6.07) is 12.2. The molecule has 0 unspecified atom stereocenters. The van der Waals surface area contributed by atoms with E-state index in [0.29, 0.717) is 24.1 Å². The molecule has 0 bridgehead atoms. The Balaban J connectivity index is 1.42. The van der Waals surface area contributed by atoms with E-state index in [1.54, 1.807) is 11.3 Å². The molecular weight excluding hydrogens is 404 g/mol. The van der Waals surface area contributed by atoms with Crippen molar-refractivity contribution in [1.82, 2.24) is 19.9 Å². The fourth-order valence-corrected chi connectivity index (χ4v) is 4.69. The molecule has 1 aromatic carbocycles. The molecule has 0 amide bonds. The number of rotatable bonds is 3. The van der Waals surface area contributed by atoms with Gasteiger partial charge in [-0.2, -0.15) is 0 Å². The number of halogens is 1. The van der Waals surface area contributed by atoms with Crippen LogP contribution in [0.1, 0.15) is 22.4 Å². The Bertz CT molecular complexity index is 1270. The molecular formula is C22H19ClN4OS. The number of hydrogen-bond donors (Lipinski definition) is 1. The zero-order chi connectivity index (χ0) is 20.0. The van der Waals surface area contributed by atoms with Crippen LogP contribution in [0.3, 0.4) is 0 Å². The summed E-state index contributed by atoms with van der Waals surface area (Å²) in [6.07, 6.45) is 0.745. The molecule has 5 nitrogen and oxygen atoms in total. The average Bonchev–Trinajstić information content (AvgIpc) is 3.24. The van der Waals surface area contributed by atoms with E-state index in [0.717, 1.165) is 45.6 Å². The van der Waals surface area contributed by atoms with Gasteiger partial charge in [-0.15, -0.1) is 11.3 Å². The number of aromatic nitrogens is 3. The van der Waals surface area contributed by atoms with Crippen molar-refractivity contribution in [2.45, 2.75) is 26.4 Å². The summed E-state index contributed by atoms with van der Waals surface area (Å²) in [6.45, 7) is 4.11. The number of fused-ring (bicyclic) bond motifs is 2. The number of hydrogen-bond acceptors (Lipinski definition) is 5. The summed E-state index contributed by atoms with van der Waals surface area (Å²) in [5.74, 6) is 0.661. The summed E-state index contributed by atoms with van der Waals surface area (Å²) in [4.78, 5) is 28.1. The van der Waals surface area contributed by atoms with Crippen LogP contribution in [0.15, 0.2) is 46.6 Å². The molecule has 1 N–H and O–H groups in total. The first kappa shape index (κ1) is 18.5. The zero-order valence-electron chi connectivity index (χ0n) is 15.9. The lowest BCUT2D eigenvalue weighted by Crippen LogP contribution is -2.35. The van der Waals surface area contributed by atoms with E-state index in [-0.39, 0.29) is 5.56 Å². The monoisotopic (exact) mass is 422 g/mol. The zero-order valence-corrected chi connectivity index (χ0v) is 17.5. The Morgan fingerprint density at radius 3 is 2.97 bits per heavy atom. The normalized spacial score (nSPS) is 14.3. The average molecular weight is 423 g/mol. The van der Waals surface area contributed by atoms with E-state index in [4.69, 9.17) is 16.6 Å². The maximum atomic E-state index is 12.7. The Morgan fingerprint density at radius 2 is 2.14 bits per heavy atom. The molecule has 0 saturated heterocycles. The van der Waals surface area contributed by atoms with Gasteiger partial charge >= 0.3 is 0 Å². The van der Waals surface area contributed by atoms with Crippen LogP contribution in [0.4, 0.5) is 0 Å². The third-order valence-corrected chi connectivity index (χ3v) is 6.50. The van der Waals surface area contributed by atoms with Crippen molar-refractivity contribution >= 4 is 33.8 Å². The molecule has 0 radical (unpaired) electrons. The minimum absolute atomic E-state index is 0.0542. The van der Waals surface area contributed by atoms with Gasteiger partial charge in [0, 0.05) is 37.0 Å². The van der Waals surface area contributed by atoms with Gasteiger partial charge in [0.1, 0.15) is 5.15 Å². The van der Waals surface area contributed by atoms with Crippen molar-refractivity contribution in [3.05, 3.63) is 79.7 Å². The lowest BCUT2D eigenvalue weighted by atomic mass is 10.1. The Morgan fingerprint density at radius 1 is 1.24 bits per heavy atom. The number of benzene rings is 1. The van der Waals surface area contributed by atoms with Gasteiger partial charge in [-0.1, -0.05) is 29.3 Å². The number of pyridine rings is 1. The van der Waals surface area contributed by atoms with Gasteiger partial charge in [-0.25, -0.2) is 9.97 Å². The van der Waals surface area contributed by atoms with E-state index in [1.807, 2.05) is 29.6 Å². The number of aromatic amines is 1. The van der Waals surface area contributed by atoms with Gasteiger partial charge in [0.25, 0.3) is 5.56 Å². The quantitative estimate of drug-likeness (QED) is 0.491. The molecule has 1 aliphatic heterocycles. The van der Waals surface area contributed by atoms with Crippen molar-refractivity contribution in [2.24, 2.45) is 0 Å². The highest BCUT2D eigenvalue weighted by atomic mass is 35.5. The number of nitrogens with zero attached hydrogens (tertiary/aromatic N) is 3. The smallest absolute Gasteiger partial charge is 0.255 e. The van der Waals surface area contributed by atoms with Gasteiger partial charge < -0.3 is 4.98 Å². The molecule has 146 valence electrons. The number of H-pyrrole nitrogens is 1. The molecule has 7 heteroatoms. The predicted octanol–water partition coefficient (Wildman–Crippen LogP) is 4.57. The third-order valence-electron chi connectivity index (χ3n) is 5.29. The molecule has 0 atom stereocenters. The van der Waals surface area contributed by atoms with Crippen LogP contribution in [-0.2, 0) is 19.5 Å². The predicted molar refractivity (Wildman–Crippen MR) is 117 cm³/mol. The standard InChI is InChI=1S/C22H19ClN4OS/c1-13-4-5-17-14(9-13)10-15(20(23)24-17)11-27-7-6-18-16(12-27)22(28)26-21(25-18)19-3-2-8-29-19/h2-5,8-10H,6-7,11-12H2,1H3,(H,25,26,28). The molecule has 5 rings (SSSR count). The van der Waals surface area contributed by atoms with E-state index in [9.17, 15) is 4.79 Å². The molecule has 0 saturated carbocycles. The van der Waals surface area contributed by atoms with Crippen LogP contribution in [0, 0.1) is 6.92 Å². The second-order valence-corrected chi connectivity index (χ2v) is 8.72. The van der Waals surface area contributed by atoms with Crippen molar-refractivity contribution in [2.75, 3.05) is 6.54 Å². The summed E-state index contributed by atoms with van der Waals surface area (Å²) in [5.41, 5.74) is 4.66. The Kier molecular flexibility index (Phi) is 4.70. The molecule has 0 fully saturated rings. The number of nitrogens with one attached hydrogen (secondary N) is 1. The van der Waals surface area contributed by atoms with Gasteiger partial charge in [0.05, 0.1) is 21.7 Å². The summed E-state index contributed by atoms with van der Waals surface area (Å²) in [5, 5.41) is 3.59. The van der Waals surface area contributed by atoms with E-state index in [2.05, 4.69) is 33.9 Å². The summed E-state index contributed by atoms with van der Waals surface area (Å²) < 4.78 is 0. The largest absolute Gasteiger partial charge is 0.306 e. The van der Waals surface area contributed by atoms with Crippen LogP contribution >= 0.6 is 22.9 Å². The second kappa shape index (κ2) is 7.37. The maximum absolute atomic E-state index is 12.7. The third kappa shape index (κ3) is 3.59. The molecule has 4 heterocycles. The van der Waals surface area contributed by atoms with Gasteiger partial charge in [-0.3, -0.25) is 9.69 Å². The molecule has 0 aliphatic carbocycles. The number of aryl methyl sites for hydroxylation is 1. The lowest BCUT2D eigenvalue weighted by molar-refractivity contribution is 0.242. The number of thiophene rings is 1. The minimum atomic E-state index is -0.0542. The second-order valence-electron chi connectivity index (χ2n) is 7.41. The van der Waals surface area contributed by atoms with E-state index in [1.165, 1.54) is 5.56 Å². The SMILES string of the molecule is Cc1ccc2nc(Cl)c(CN3CCc4nc(-c5cccs5)[nH]c(=O)c4C3)cc2c1. The summed E-state index contributed by atoms with van der Waals surface area (Å²) >= 11 is 8.03. The molecule has 1 aliphatic rings. The fraction of sp³-hybridized carbons (Fsp3) is 0.227. The van der Waals surface area contributed by atoms with Crippen molar-refractivity contribution in [3.63, 3.8) is 0 Å². The van der Waals surface area contributed by atoms with E-state index >= 15 is 0 Å². The van der Waals surface area contributed by atoms with Crippen LogP contribution in [-0.4, -0.2) is 26.4 Å². The first-order valence-electron chi connectivity index (χ1n) is 9.51. The molecule has 29 heavy (non-hydrogen) atoms. The van der Waals surface area contributed by atoms with Crippen LogP contribution in [0.5, 0.6) is 0 Å². The minimum Gasteiger partial charge on any atom is -0.306 e. The highest BCUT2D eigenvalue weighted by molar-refractivity contribution is 7.13. The van der Waals surface area contributed by atoms with Gasteiger partial charge in [0.15, 0.2) is 5.82 Å². The fourth-order valence-electron chi connectivity index (χ4n) is 3.81. The lowest BCUT2D eigenvalue weighted by Gasteiger charge is -2.28.